The summed E-state index contributed by atoms with van der Waals surface area (Å²) in [6, 6.07) is 16.2. The molecule has 1 fully saturated rings. The third-order valence-corrected chi connectivity index (χ3v) is 7.51. The summed E-state index contributed by atoms with van der Waals surface area (Å²) < 4.78 is 32.4. The number of nitrogens with zero attached hydrogens (tertiary/aromatic N) is 1. The van der Waals surface area contributed by atoms with Crippen LogP contribution >= 0.6 is 11.8 Å². The van der Waals surface area contributed by atoms with Gasteiger partial charge in [0.1, 0.15) is 12.4 Å². The van der Waals surface area contributed by atoms with Crippen molar-refractivity contribution in [1.82, 2.24) is 9.62 Å². The lowest BCUT2D eigenvalue weighted by atomic mass is 10.2. The second-order valence-corrected chi connectivity index (χ2v) is 9.72. The van der Waals surface area contributed by atoms with Crippen molar-refractivity contribution in [3.8, 4) is 5.75 Å². The number of thioether (sulfide) groups is 1. The molecule has 1 N–H and O–H groups in total. The van der Waals surface area contributed by atoms with Gasteiger partial charge in [-0.3, -0.25) is 4.79 Å². The minimum Gasteiger partial charge on any atom is -0.492 e. The van der Waals surface area contributed by atoms with Crippen LogP contribution in [0.25, 0.3) is 0 Å². The van der Waals surface area contributed by atoms with Crippen LogP contribution in [0.5, 0.6) is 5.75 Å². The summed E-state index contributed by atoms with van der Waals surface area (Å²) in [6.45, 7) is 1.88. The van der Waals surface area contributed by atoms with E-state index in [4.69, 9.17) is 4.74 Å². The molecule has 1 aliphatic rings. The highest BCUT2D eigenvalue weighted by Gasteiger charge is 2.25. The Bertz CT molecular complexity index is 881. The molecule has 0 bridgehead atoms. The fourth-order valence-electron chi connectivity index (χ4n) is 3.04. The molecule has 6 nitrogen and oxygen atoms in total. The van der Waals surface area contributed by atoms with Crippen LogP contribution in [0.2, 0.25) is 0 Å². The topological polar surface area (TPSA) is 75.7 Å². The Hall–Kier alpha value is -2.03. The molecule has 2 aromatic carbocycles. The second-order valence-electron chi connectivity index (χ2n) is 6.74. The highest BCUT2D eigenvalue weighted by atomic mass is 32.2. The van der Waals surface area contributed by atoms with E-state index in [0.29, 0.717) is 37.7 Å². The summed E-state index contributed by atoms with van der Waals surface area (Å²) in [7, 11) is -3.43. The van der Waals surface area contributed by atoms with Gasteiger partial charge >= 0.3 is 0 Å². The van der Waals surface area contributed by atoms with E-state index >= 15 is 0 Å². The highest BCUT2D eigenvalue weighted by molar-refractivity contribution is 8.00. The lowest BCUT2D eigenvalue weighted by Gasteiger charge is -2.25. The summed E-state index contributed by atoms with van der Waals surface area (Å²) in [4.78, 5) is 13.2. The maximum atomic E-state index is 12.6. The molecule has 156 valence electrons. The quantitative estimate of drug-likeness (QED) is 0.485. The van der Waals surface area contributed by atoms with E-state index in [1.54, 1.807) is 28.6 Å². The molecule has 0 radical (unpaired) electrons. The second kappa shape index (κ2) is 10.7. The van der Waals surface area contributed by atoms with Crippen molar-refractivity contribution < 1.29 is 17.9 Å². The average molecular weight is 435 g/mol. The van der Waals surface area contributed by atoms with Gasteiger partial charge in [-0.2, -0.15) is 4.31 Å². The van der Waals surface area contributed by atoms with E-state index in [1.165, 1.54) is 11.8 Å². The zero-order chi connectivity index (χ0) is 20.5. The predicted molar refractivity (Wildman–Crippen MR) is 115 cm³/mol. The van der Waals surface area contributed by atoms with Gasteiger partial charge < -0.3 is 10.1 Å². The van der Waals surface area contributed by atoms with Crippen LogP contribution in [0, 0.1) is 0 Å². The number of hydrogen-bond donors (Lipinski definition) is 1. The number of rotatable bonds is 9. The Morgan fingerprint density at radius 2 is 1.69 bits per heavy atom. The number of nitrogens with one attached hydrogen (secondary N) is 1. The number of carbonyl (C=O) groups is 1. The van der Waals surface area contributed by atoms with Crippen molar-refractivity contribution in [2.24, 2.45) is 0 Å². The zero-order valence-corrected chi connectivity index (χ0v) is 17.9. The molecular weight excluding hydrogens is 408 g/mol. The number of piperidine rings is 1. The maximum absolute atomic E-state index is 12.6. The van der Waals surface area contributed by atoms with Crippen molar-refractivity contribution in [2.75, 3.05) is 32.0 Å². The van der Waals surface area contributed by atoms with Gasteiger partial charge in [-0.15, -0.1) is 11.8 Å². The van der Waals surface area contributed by atoms with Crippen molar-refractivity contribution >= 4 is 27.7 Å². The number of sulfonamides is 1. The molecule has 0 saturated carbocycles. The lowest BCUT2D eigenvalue weighted by Crippen LogP contribution is -2.35. The Morgan fingerprint density at radius 3 is 2.38 bits per heavy atom. The summed E-state index contributed by atoms with van der Waals surface area (Å²) in [5.74, 6) is 0.883. The van der Waals surface area contributed by atoms with Gasteiger partial charge in [0.15, 0.2) is 0 Å². The minimum absolute atomic E-state index is 0.0505. The Kier molecular flexibility index (Phi) is 7.97. The summed E-state index contributed by atoms with van der Waals surface area (Å²) in [5, 5.41) is 2.81. The monoisotopic (exact) mass is 434 g/mol. The number of benzene rings is 2. The average Bonchev–Trinajstić information content (AvgIpc) is 2.77. The van der Waals surface area contributed by atoms with Crippen LogP contribution in [0.3, 0.4) is 0 Å². The first-order chi connectivity index (χ1) is 14.1. The third-order valence-electron chi connectivity index (χ3n) is 4.58. The van der Waals surface area contributed by atoms with E-state index in [2.05, 4.69) is 5.32 Å². The number of carbonyl (C=O) groups excluding carboxylic acids is 1. The molecule has 1 aliphatic heterocycles. The number of hydrogen-bond acceptors (Lipinski definition) is 5. The summed E-state index contributed by atoms with van der Waals surface area (Å²) in [6.07, 6.45) is 2.91. The van der Waals surface area contributed by atoms with Crippen LogP contribution in [-0.4, -0.2) is 50.6 Å². The van der Waals surface area contributed by atoms with Gasteiger partial charge in [0, 0.05) is 18.0 Å². The Balaban J connectivity index is 1.39. The SMILES string of the molecule is O=C(CSc1ccccc1)NCCOc1ccc(S(=O)(=O)N2CCCCC2)cc1. The van der Waals surface area contributed by atoms with E-state index in [9.17, 15) is 13.2 Å². The van der Waals surface area contributed by atoms with Crippen LogP contribution in [0.4, 0.5) is 0 Å². The molecule has 29 heavy (non-hydrogen) atoms. The Labute approximate surface area is 176 Å². The molecule has 3 rings (SSSR count). The lowest BCUT2D eigenvalue weighted by molar-refractivity contribution is -0.118. The van der Waals surface area contributed by atoms with Crippen molar-refractivity contribution in [1.29, 1.82) is 0 Å². The Morgan fingerprint density at radius 1 is 1.00 bits per heavy atom. The third kappa shape index (κ3) is 6.48. The van der Waals surface area contributed by atoms with E-state index < -0.39 is 10.0 Å². The van der Waals surface area contributed by atoms with Crippen LogP contribution in [0.1, 0.15) is 19.3 Å². The van der Waals surface area contributed by atoms with Gasteiger partial charge in [0.2, 0.25) is 15.9 Å². The van der Waals surface area contributed by atoms with Gasteiger partial charge in [-0.05, 0) is 49.2 Å². The normalized spacial score (nSPS) is 15.0. The molecular formula is C21H26N2O4S2. The molecule has 1 heterocycles. The van der Waals surface area contributed by atoms with Crippen LogP contribution in [-0.2, 0) is 14.8 Å². The fraction of sp³-hybridized carbons (Fsp3) is 0.381. The summed E-state index contributed by atoms with van der Waals surface area (Å²) in [5.41, 5.74) is 0. The first-order valence-electron chi connectivity index (χ1n) is 9.73. The predicted octanol–water partition coefficient (Wildman–Crippen LogP) is 3.15. The van der Waals surface area contributed by atoms with Gasteiger partial charge in [0.05, 0.1) is 17.2 Å². The number of ether oxygens (including phenoxy) is 1. The minimum atomic E-state index is -3.43. The smallest absolute Gasteiger partial charge is 0.243 e. The molecule has 1 saturated heterocycles. The standard InChI is InChI=1S/C21H26N2O4S2/c24-21(17-28-19-7-3-1-4-8-19)22-13-16-27-18-9-11-20(12-10-18)29(25,26)23-14-5-2-6-15-23/h1,3-4,7-12H,2,5-6,13-17H2,(H,22,24). The molecule has 0 aliphatic carbocycles. The number of amides is 1. The first-order valence-corrected chi connectivity index (χ1v) is 12.2. The van der Waals surface area contributed by atoms with E-state index in [1.807, 2.05) is 30.3 Å². The highest BCUT2D eigenvalue weighted by Crippen LogP contribution is 2.22. The molecule has 8 heteroatoms. The molecule has 1 amide bonds. The maximum Gasteiger partial charge on any atom is 0.243 e. The molecule has 2 aromatic rings. The molecule has 0 spiro atoms. The van der Waals surface area contributed by atoms with Crippen LogP contribution in [0.15, 0.2) is 64.4 Å². The summed E-state index contributed by atoms with van der Waals surface area (Å²) >= 11 is 1.48. The van der Waals surface area contributed by atoms with Crippen molar-refractivity contribution in [3.05, 3.63) is 54.6 Å². The molecule has 0 aromatic heterocycles. The first kappa shape index (κ1) is 21.7. The van der Waals surface area contributed by atoms with E-state index in [0.717, 1.165) is 24.2 Å². The van der Waals surface area contributed by atoms with Gasteiger partial charge in [-0.25, -0.2) is 8.42 Å². The molecule has 0 atom stereocenters. The van der Waals surface area contributed by atoms with Crippen molar-refractivity contribution in [3.63, 3.8) is 0 Å². The fourth-order valence-corrected chi connectivity index (χ4v) is 5.30. The van der Waals surface area contributed by atoms with Gasteiger partial charge in [0.25, 0.3) is 0 Å². The largest absolute Gasteiger partial charge is 0.492 e. The van der Waals surface area contributed by atoms with Crippen LogP contribution < -0.4 is 10.1 Å². The van der Waals surface area contributed by atoms with Crippen molar-refractivity contribution in [2.45, 2.75) is 29.1 Å². The van der Waals surface area contributed by atoms with E-state index in [-0.39, 0.29) is 10.8 Å². The zero-order valence-electron chi connectivity index (χ0n) is 16.2. The molecule has 0 unspecified atom stereocenters. The van der Waals surface area contributed by atoms with Gasteiger partial charge in [-0.1, -0.05) is 24.6 Å².